The Hall–Kier alpha value is -1.00. The van der Waals surface area contributed by atoms with Crippen molar-refractivity contribution >= 4 is 17.7 Å². The standard InChI is InChI=1S/C12H17NO2S/c1-3-13-10(12(14)15)8-16-11-7-5-4-6-9(11)2/h4-7,10,13H,3,8H2,1-2H3,(H,14,15). The normalized spacial score (nSPS) is 12.4. The van der Waals surface area contributed by atoms with Crippen LogP contribution in [0.15, 0.2) is 29.2 Å². The molecule has 0 fully saturated rings. The molecule has 0 aliphatic heterocycles. The lowest BCUT2D eigenvalue weighted by molar-refractivity contribution is -0.138. The van der Waals surface area contributed by atoms with Gasteiger partial charge in [-0.05, 0) is 25.1 Å². The second-order valence-electron chi connectivity index (χ2n) is 3.53. The van der Waals surface area contributed by atoms with Crippen LogP contribution >= 0.6 is 11.8 Å². The Morgan fingerprint density at radius 3 is 2.75 bits per heavy atom. The van der Waals surface area contributed by atoms with Crippen molar-refractivity contribution in [1.29, 1.82) is 0 Å². The van der Waals surface area contributed by atoms with E-state index in [-0.39, 0.29) is 0 Å². The first-order valence-electron chi connectivity index (χ1n) is 5.29. The Morgan fingerprint density at radius 2 is 2.19 bits per heavy atom. The lowest BCUT2D eigenvalue weighted by atomic mass is 10.2. The van der Waals surface area contributed by atoms with E-state index >= 15 is 0 Å². The summed E-state index contributed by atoms with van der Waals surface area (Å²) in [5.41, 5.74) is 1.19. The number of carbonyl (C=O) groups is 1. The van der Waals surface area contributed by atoms with Crippen LogP contribution in [0.4, 0.5) is 0 Å². The van der Waals surface area contributed by atoms with E-state index in [2.05, 4.69) is 5.32 Å². The number of hydrogen-bond donors (Lipinski definition) is 2. The number of carboxylic acids is 1. The quantitative estimate of drug-likeness (QED) is 0.747. The van der Waals surface area contributed by atoms with Gasteiger partial charge >= 0.3 is 5.97 Å². The number of rotatable bonds is 6. The summed E-state index contributed by atoms with van der Waals surface area (Å²) in [4.78, 5) is 12.1. The molecule has 1 aromatic carbocycles. The molecular formula is C12H17NO2S. The summed E-state index contributed by atoms with van der Waals surface area (Å²) in [5.74, 6) is -0.239. The molecule has 2 N–H and O–H groups in total. The predicted molar refractivity (Wildman–Crippen MR) is 67.0 cm³/mol. The van der Waals surface area contributed by atoms with Crippen molar-refractivity contribution < 1.29 is 9.90 Å². The van der Waals surface area contributed by atoms with Crippen LogP contribution in [0.25, 0.3) is 0 Å². The Labute approximate surface area is 100 Å². The molecule has 0 aliphatic rings. The van der Waals surface area contributed by atoms with Gasteiger partial charge in [0.15, 0.2) is 0 Å². The first-order chi connectivity index (χ1) is 7.65. The molecule has 4 heteroatoms. The van der Waals surface area contributed by atoms with Gasteiger partial charge in [0.05, 0.1) is 0 Å². The molecule has 16 heavy (non-hydrogen) atoms. The largest absolute Gasteiger partial charge is 0.480 e. The van der Waals surface area contributed by atoms with E-state index in [1.807, 2.05) is 38.1 Å². The van der Waals surface area contributed by atoms with E-state index in [0.29, 0.717) is 12.3 Å². The van der Waals surface area contributed by atoms with Crippen molar-refractivity contribution in [3.8, 4) is 0 Å². The van der Waals surface area contributed by atoms with Crippen molar-refractivity contribution in [2.24, 2.45) is 0 Å². The summed E-state index contributed by atoms with van der Waals surface area (Å²) in [6, 6.07) is 7.53. The molecule has 0 bridgehead atoms. The van der Waals surface area contributed by atoms with E-state index in [1.165, 1.54) is 5.56 Å². The molecule has 0 aromatic heterocycles. The summed E-state index contributed by atoms with van der Waals surface area (Å²) in [7, 11) is 0. The van der Waals surface area contributed by atoms with E-state index in [9.17, 15) is 4.79 Å². The van der Waals surface area contributed by atoms with Crippen molar-refractivity contribution in [1.82, 2.24) is 5.32 Å². The van der Waals surface area contributed by atoms with Gasteiger partial charge in [0, 0.05) is 10.6 Å². The van der Waals surface area contributed by atoms with E-state index in [4.69, 9.17) is 5.11 Å². The Bertz CT molecular complexity index is 355. The lowest BCUT2D eigenvalue weighted by Crippen LogP contribution is -2.38. The predicted octanol–water partition coefficient (Wildman–Crippen LogP) is 2.15. The highest BCUT2D eigenvalue weighted by Crippen LogP contribution is 2.22. The van der Waals surface area contributed by atoms with E-state index in [0.717, 1.165) is 4.90 Å². The van der Waals surface area contributed by atoms with Crippen molar-refractivity contribution in [2.45, 2.75) is 24.8 Å². The molecule has 0 heterocycles. The third-order valence-electron chi connectivity index (χ3n) is 2.25. The maximum Gasteiger partial charge on any atom is 0.321 e. The van der Waals surface area contributed by atoms with Crippen LogP contribution in [0.2, 0.25) is 0 Å². The first kappa shape index (κ1) is 13.1. The molecule has 3 nitrogen and oxygen atoms in total. The Balaban J connectivity index is 2.55. The van der Waals surface area contributed by atoms with Gasteiger partial charge in [-0.2, -0.15) is 0 Å². The Morgan fingerprint density at radius 1 is 1.50 bits per heavy atom. The van der Waals surface area contributed by atoms with Crippen LogP contribution < -0.4 is 5.32 Å². The summed E-state index contributed by atoms with van der Waals surface area (Å²) in [6.45, 7) is 4.62. The molecule has 0 spiro atoms. The third kappa shape index (κ3) is 3.87. The molecule has 0 saturated carbocycles. The van der Waals surface area contributed by atoms with Gasteiger partial charge in [0.25, 0.3) is 0 Å². The summed E-state index contributed by atoms with van der Waals surface area (Å²) in [5, 5.41) is 11.9. The molecule has 0 amide bonds. The molecule has 1 atom stereocenters. The highest BCUT2D eigenvalue weighted by Gasteiger charge is 2.16. The number of hydrogen-bond acceptors (Lipinski definition) is 3. The fraction of sp³-hybridized carbons (Fsp3) is 0.417. The summed E-state index contributed by atoms with van der Waals surface area (Å²) >= 11 is 1.58. The molecule has 0 saturated heterocycles. The molecule has 0 radical (unpaired) electrons. The number of benzene rings is 1. The second-order valence-corrected chi connectivity index (χ2v) is 4.59. The number of aryl methyl sites for hydroxylation is 1. The molecule has 1 unspecified atom stereocenters. The maximum atomic E-state index is 10.9. The molecule has 1 rings (SSSR count). The van der Waals surface area contributed by atoms with Gasteiger partial charge in [0.1, 0.15) is 6.04 Å². The lowest BCUT2D eigenvalue weighted by Gasteiger charge is -2.13. The number of aliphatic carboxylic acids is 1. The number of nitrogens with one attached hydrogen (secondary N) is 1. The summed E-state index contributed by atoms with van der Waals surface area (Å²) < 4.78 is 0. The minimum absolute atomic E-state index is 0.477. The Kier molecular flexibility index (Phi) is 5.35. The van der Waals surface area contributed by atoms with Crippen LogP contribution in [0.5, 0.6) is 0 Å². The average Bonchev–Trinajstić information content (AvgIpc) is 2.26. The minimum Gasteiger partial charge on any atom is -0.480 e. The first-order valence-corrected chi connectivity index (χ1v) is 6.28. The zero-order valence-electron chi connectivity index (χ0n) is 9.56. The van der Waals surface area contributed by atoms with Gasteiger partial charge in [-0.1, -0.05) is 25.1 Å². The van der Waals surface area contributed by atoms with Gasteiger partial charge in [0.2, 0.25) is 0 Å². The maximum absolute atomic E-state index is 10.9. The SMILES string of the molecule is CCNC(CSc1ccccc1C)C(=O)O. The smallest absolute Gasteiger partial charge is 0.321 e. The third-order valence-corrected chi connectivity index (χ3v) is 3.52. The molecule has 88 valence electrons. The van der Waals surface area contributed by atoms with Crippen LogP contribution in [-0.4, -0.2) is 29.4 Å². The van der Waals surface area contributed by atoms with Crippen molar-refractivity contribution in [2.75, 3.05) is 12.3 Å². The van der Waals surface area contributed by atoms with Crippen LogP contribution in [-0.2, 0) is 4.79 Å². The average molecular weight is 239 g/mol. The van der Waals surface area contributed by atoms with Gasteiger partial charge in [-0.3, -0.25) is 4.79 Å². The summed E-state index contributed by atoms with van der Waals surface area (Å²) in [6.07, 6.45) is 0. The zero-order chi connectivity index (χ0) is 12.0. The molecule has 0 aliphatic carbocycles. The zero-order valence-corrected chi connectivity index (χ0v) is 10.4. The fourth-order valence-corrected chi connectivity index (χ4v) is 2.43. The van der Waals surface area contributed by atoms with Crippen LogP contribution in [0.3, 0.4) is 0 Å². The van der Waals surface area contributed by atoms with E-state index < -0.39 is 12.0 Å². The number of carboxylic acid groups (broad SMARTS) is 1. The van der Waals surface area contributed by atoms with Gasteiger partial charge in [-0.15, -0.1) is 11.8 Å². The monoisotopic (exact) mass is 239 g/mol. The number of thioether (sulfide) groups is 1. The molecule has 1 aromatic rings. The van der Waals surface area contributed by atoms with Crippen LogP contribution in [0, 0.1) is 6.92 Å². The molecular weight excluding hydrogens is 222 g/mol. The van der Waals surface area contributed by atoms with Crippen molar-refractivity contribution in [3.05, 3.63) is 29.8 Å². The van der Waals surface area contributed by atoms with Crippen molar-refractivity contribution in [3.63, 3.8) is 0 Å². The van der Waals surface area contributed by atoms with Gasteiger partial charge in [-0.25, -0.2) is 0 Å². The second kappa shape index (κ2) is 6.55. The number of likely N-dealkylation sites (N-methyl/N-ethyl adjacent to an activating group) is 1. The van der Waals surface area contributed by atoms with E-state index in [1.54, 1.807) is 11.8 Å². The van der Waals surface area contributed by atoms with Gasteiger partial charge < -0.3 is 10.4 Å². The fourth-order valence-electron chi connectivity index (χ4n) is 1.36. The highest BCUT2D eigenvalue weighted by atomic mass is 32.2. The van der Waals surface area contributed by atoms with Crippen LogP contribution in [0.1, 0.15) is 12.5 Å². The highest BCUT2D eigenvalue weighted by molar-refractivity contribution is 7.99. The minimum atomic E-state index is -0.789. The topological polar surface area (TPSA) is 49.3 Å².